The van der Waals surface area contributed by atoms with Crippen LogP contribution in [0.25, 0.3) is 0 Å². The van der Waals surface area contributed by atoms with E-state index in [-0.39, 0.29) is 5.41 Å². The summed E-state index contributed by atoms with van der Waals surface area (Å²) in [6, 6.07) is 0.458. The molecule has 0 aromatic rings. The van der Waals surface area contributed by atoms with Gasteiger partial charge in [0.25, 0.3) is 0 Å². The van der Waals surface area contributed by atoms with Crippen LogP contribution in [0, 0.1) is 5.41 Å². The number of hydrogen-bond donors (Lipinski definition) is 1. The minimum atomic E-state index is 0.284. The average Bonchev–Trinajstić information content (AvgIpc) is 2.76. The number of rotatable bonds is 8. The Morgan fingerprint density at radius 2 is 2.29 bits per heavy atom. The van der Waals surface area contributed by atoms with Gasteiger partial charge in [0, 0.05) is 38.3 Å². The van der Waals surface area contributed by atoms with E-state index in [0.717, 1.165) is 45.9 Å². The summed E-state index contributed by atoms with van der Waals surface area (Å²) >= 11 is 0. The van der Waals surface area contributed by atoms with Gasteiger partial charge < -0.3 is 19.7 Å². The molecule has 0 saturated carbocycles. The second kappa shape index (κ2) is 7.31. The molecular weight excluding hydrogens is 216 g/mol. The fourth-order valence-electron chi connectivity index (χ4n) is 2.41. The van der Waals surface area contributed by atoms with Crippen LogP contribution in [-0.4, -0.2) is 64.6 Å². The summed E-state index contributed by atoms with van der Waals surface area (Å²) in [4.78, 5) is 2.38. The third-order valence-electron chi connectivity index (χ3n) is 3.68. The summed E-state index contributed by atoms with van der Waals surface area (Å²) in [5, 5.41) is 3.47. The fourth-order valence-corrected chi connectivity index (χ4v) is 2.41. The second-order valence-electron chi connectivity index (χ2n) is 5.30. The van der Waals surface area contributed by atoms with Gasteiger partial charge in [-0.1, -0.05) is 6.92 Å². The summed E-state index contributed by atoms with van der Waals surface area (Å²) < 4.78 is 10.8. The lowest BCUT2D eigenvalue weighted by molar-refractivity contribution is 0.0699. The van der Waals surface area contributed by atoms with Gasteiger partial charge in [0.05, 0.1) is 13.2 Å². The normalized spacial score (nSPS) is 26.6. The van der Waals surface area contributed by atoms with Crippen molar-refractivity contribution in [3.05, 3.63) is 0 Å². The van der Waals surface area contributed by atoms with Crippen LogP contribution in [0.4, 0.5) is 0 Å². The molecule has 0 radical (unpaired) electrons. The van der Waals surface area contributed by atoms with E-state index in [9.17, 15) is 0 Å². The summed E-state index contributed by atoms with van der Waals surface area (Å²) in [6.07, 6.45) is 1.16. The molecule has 0 aromatic carbocycles. The molecule has 0 aromatic heterocycles. The van der Waals surface area contributed by atoms with Gasteiger partial charge in [0.15, 0.2) is 0 Å². The SMILES string of the molecule is CCNCC1(CN(C)C(C)COC)CCOC1. The van der Waals surface area contributed by atoms with Gasteiger partial charge in [0.1, 0.15) is 0 Å². The third-order valence-corrected chi connectivity index (χ3v) is 3.68. The zero-order valence-corrected chi connectivity index (χ0v) is 11.8. The summed E-state index contributed by atoms with van der Waals surface area (Å²) in [5.74, 6) is 0. The molecule has 1 heterocycles. The average molecular weight is 244 g/mol. The maximum Gasteiger partial charge on any atom is 0.0615 e. The van der Waals surface area contributed by atoms with Crippen LogP contribution < -0.4 is 5.32 Å². The molecule has 1 N–H and O–H groups in total. The Morgan fingerprint density at radius 3 is 2.82 bits per heavy atom. The lowest BCUT2D eigenvalue weighted by atomic mass is 9.86. The molecule has 1 saturated heterocycles. The van der Waals surface area contributed by atoms with Crippen molar-refractivity contribution in [1.29, 1.82) is 0 Å². The molecule has 2 unspecified atom stereocenters. The van der Waals surface area contributed by atoms with E-state index in [1.54, 1.807) is 7.11 Å². The first-order valence-electron chi connectivity index (χ1n) is 6.61. The molecule has 4 nitrogen and oxygen atoms in total. The Morgan fingerprint density at radius 1 is 1.53 bits per heavy atom. The quantitative estimate of drug-likeness (QED) is 0.690. The summed E-state index contributed by atoms with van der Waals surface area (Å²) in [5.41, 5.74) is 0.284. The first kappa shape index (κ1) is 14.9. The molecule has 0 spiro atoms. The lowest BCUT2D eigenvalue weighted by Crippen LogP contribution is -2.47. The highest BCUT2D eigenvalue weighted by Gasteiger charge is 2.36. The highest BCUT2D eigenvalue weighted by Crippen LogP contribution is 2.29. The number of likely N-dealkylation sites (N-methyl/N-ethyl adjacent to an activating group) is 1. The number of nitrogens with one attached hydrogen (secondary N) is 1. The van der Waals surface area contributed by atoms with Gasteiger partial charge in [0.2, 0.25) is 0 Å². The van der Waals surface area contributed by atoms with Crippen LogP contribution in [0.5, 0.6) is 0 Å². The molecule has 1 aliphatic heterocycles. The Hall–Kier alpha value is -0.160. The lowest BCUT2D eigenvalue weighted by Gasteiger charge is -2.35. The number of nitrogens with zero attached hydrogens (tertiary/aromatic N) is 1. The zero-order valence-electron chi connectivity index (χ0n) is 11.8. The molecule has 0 bridgehead atoms. The predicted octanol–water partition coefficient (Wildman–Crippen LogP) is 0.969. The van der Waals surface area contributed by atoms with Crippen LogP contribution in [0.15, 0.2) is 0 Å². The summed E-state index contributed by atoms with van der Waals surface area (Å²) in [6.45, 7) is 10.1. The van der Waals surface area contributed by atoms with E-state index in [1.165, 1.54) is 0 Å². The minimum Gasteiger partial charge on any atom is -0.383 e. The molecule has 102 valence electrons. The van der Waals surface area contributed by atoms with Crippen molar-refractivity contribution in [2.24, 2.45) is 5.41 Å². The van der Waals surface area contributed by atoms with Crippen LogP contribution >= 0.6 is 0 Å². The minimum absolute atomic E-state index is 0.284. The van der Waals surface area contributed by atoms with Gasteiger partial charge in [-0.3, -0.25) is 0 Å². The van der Waals surface area contributed by atoms with Crippen molar-refractivity contribution in [3.8, 4) is 0 Å². The monoisotopic (exact) mass is 244 g/mol. The molecule has 4 heteroatoms. The van der Waals surface area contributed by atoms with Crippen molar-refractivity contribution in [1.82, 2.24) is 10.2 Å². The number of methoxy groups -OCH3 is 1. The van der Waals surface area contributed by atoms with Crippen LogP contribution in [0.1, 0.15) is 20.3 Å². The highest BCUT2D eigenvalue weighted by atomic mass is 16.5. The van der Waals surface area contributed by atoms with Crippen molar-refractivity contribution in [2.75, 3.05) is 53.6 Å². The maximum atomic E-state index is 5.60. The fraction of sp³-hybridized carbons (Fsp3) is 1.00. The van der Waals surface area contributed by atoms with Crippen molar-refractivity contribution < 1.29 is 9.47 Å². The maximum absolute atomic E-state index is 5.60. The molecule has 1 aliphatic rings. The van der Waals surface area contributed by atoms with Crippen LogP contribution in [0.2, 0.25) is 0 Å². The van der Waals surface area contributed by atoms with E-state index in [0.29, 0.717) is 6.04 Å². The summed E-state index contributed by atoms with van der Waals surface area (Å²) in [7, 11) is 3.94. The Labute approximate surface area is 106 Å². The van der Waals surface area contributed by atoms with E-state index >= 15 is 0 Å². The van der Waals surface area contributed by atoms with Crippen molar-refractivity contribution in [2.45, 2.75) is 26.3 Å². The zero-order chi connectivity index (χ0) is 12.7. The second-order valence-corrected chi connectivity index (χ2v) is 5.30. The van der Waals surface area contributed by atoms with Gasteiger partial charge in [-0.25, -0.2) is 0 Å². The van der Waals surface area contributed by atoms with E-state index in [1.807, 2.05) is 0 Å². The van der Waals surface area contributed by atoms with Crippen molar-refractivity contribution in [3.63, 3.8) is 0 Å². The number of hydrogen-bond acceptors (Lipinski definition) is 4. The van der Waals surface area contributed by atoms with E-state index in [4.69, 9.17) is 9.47 Å². The highest BCUT2D eigenvalue weighted by molar-refractivity contribution is 4.88. The van der Waals surface area contributed by atoms with Crippen molar-refractivity contribution >= 4 is 0 Å². The molecule has 2 atom stereocenters. The van der Waals surface area contributed by atoms with E-state index < -0.39 is 0 Å². The van der Waals surface area contributed by atoms with Gasteiger partial charge in [-0.2, -0.15) is 0 Å². The molecule has 1 rings (SSSR count). The number of ether oxygens (including phenoxy) is 2. The smallest absolute Gasteiger partial charge is 0.0615 e. The van der Waals surface area contributed by atoms with Gasteiger partial charge in [-0.15, -0.1) is 0 Å². The topological polar surface area (TPSA) is 33.7 Å². The predicted molar refractivity (Wildman–Crippen MR) is 70.4 cm³/mol. The largest absolute Gasteiger partial charge is 0.383 e. The molecule has 1 fully saturated rings. The van der Waals surface area contributed by atoms with Crippen LogP contribution in [0.3, 0.4) is 0 Å². The standard InChI is InChI=1S/C13H28N2O2/c1-5-14-9-13(6-7-17-11-13)10-15(3)12(2)8-16-4/h12,14H,5-11H2,1-4H3. The first-order chi connectivity index (χ1) is 8.13. The Kier molecular flexibility index (Phi) is 6.41. The molecular formula is C13H28N2O2. The van der Waals surface area contributed by atoms with E-state index in [2.05, 4.69) is 31.1 Å². The Balaban J connectivity index is 2.48. The third kappa shape index (κ3) is 4.54. The van der Waals surface area contributed by atoms with Crippen LogP contribution in [-0.2, 0) is 9.47 Å². The molecule has 0 amide bonds. The van der Waals surface area contributed by atoms with Gasteiger partial charge in [-0.05, 0) is 26.9 Å². The molecule has 17 heavy (non-hydrogen) atoms. The van der Waals surface area contributed by atoms with Gasteiger partial charge >= 0.3 is 0 Å². The molecule has 0 aliphatic carbocycles. The first-order valence-corrected chi connectivity index (χ1v) is 6.61. The Bertz CT molecular complexity index is 206.